The van der Waals surface area contributed by atoms with Gasteiger partial charge in [-0.25, -0.2) is 0 Å². The number of amides is 1. The molecule has 0 radical (unpaired) electrons. The number of hydrogen-bond donors (Lipinski definition) is 0. The van der Waals surface area contributed by atoms with Gasteiger partial charge in [0.1, 0.15) is 0 Å². The Morgan fingerprint density at radius 1 is 1.30 bits per heavy atom. The van der Waals surface area contributed by atoms with E-state index in [9.17, 15) is 4.79 Å². The van der Waals surface area contributed by atoms with Gasteiger partial charge in [-0.1, -0.05) is 17.2 Å². The number of likely N-dealkylation sites (tertiary alicyclic amines) is 1. The van der Waals surface area contributed by atoms with Crippen LogP contribution in [0.1, 0.15) is 30.1 Å². The zero-order chi connectivity index (χ0) is 16.2. The van der Waals surface area contributed by atoms with E-state index in [-0.39, 0.29) is 18.0 Å². The Labute approximate surface area is 133 Å². The van der Waals surface area contributed by atoms with Gasteiger partial charge < -0.3 is 4.90 Å². The van der Waals surface area contributed by atoms with Gasteiger partial charge >= 0.3 is 0 Å². The summed E-state index contributed by atoms with van der Waals surface area (Å²) in [5.74, 6) is -0.0942. The zero-order valence-corrected chi connectivity index (χ0v) is 12.8. The van der Waals surface area contributed by atoms with Gasteiger partial charge in [-0.3, -0.25) is 4.79 Å². The van der Waals surface area contributed by atoms with Gasteiger partial charge in [0.2, 0.25) is 0 Å². The van der Waals surface area contributed by atoms with E-state index in [0.29, 0.717) is 17.8 Å². The number of rotatable bonds is 3. The molecule has 2 heterocycles. The third-order valence-corrected chi connectivity index (χ3v) is 4.10. The Hall–Kier alpha value is -2.86. The van der Waals surface area contributed by atoms with Crippen LogP contribution in [0.2, 0.25) is 0 Å². The molecule has 0 saturated carbocycles. The van der Waals surface area contributed by atoms with Crippen molar-refractivity contribution < 1.29 is 4.79 Å². The molecule has 1 fully saturated rings. The molecule has 23 heavy (non-hydrogen) atoms. The minimum absolute atomic E-state index is 0.0942. The molecule has 2 atom stereocenters. The predicted molar refractivity (Wildman–Crippen MR) is 84.0 cm³/mol. The summed E-state index contributed by atoms with van der Waals surface area (Å²) in [5, 5.41) is 12.0. The van der Waals surface area contributed by atoms with Crippen LogP contribution in [-0.4, -0.2) is 44.4 Å². The summed E-state index contributed by atoms with van der Waals surface area (Å²) in [6.45, 7) is 2.45. The fraction of sp³-hybridized carbons (Fsp3) is 0.400. The van der Waals surface area contributed by atoms with E-state index in [1.54, 1.807) is 23.4 Å². The van der Waals surface area contributed by atoms with Gasteiger partial charge in [-0.05, 0) is 37.4 Å². The summed E-state index contributed by atoms with van der Waals surface area (Å²) in [4.78, 5) is 19.1. The van der Waals surface area contributed by atoms with Crippen LogP contribution >= 0.6 is 0 Å². The van der Waals surface area contributed by atoms with Crippen LogP contribution in [0.4, 0.5) is 0 Å². The van der Waals surface area contributed by atoms with Gasteiger partial charge in [-0.2, -0.15) is 15.0 Å². The SMILES string of the molecule is C[C@@H]1CC[C@@H](N=[N+]=[N-])CN1C(=O)c1ccccc1-n1nccn1. The lowest BCUT2D eigenvalue weighted by molar-refractivity contribution is 0.0612. The van der Waals surface area contributed by atoms with E-state index < -0.39 is 0 Å². The first-order valence-corrected chi connectivity index (χ1v) is 7.51. The highest BCUT2D eigenvalue weighted by atomic mass is 16.2. The zero-order valence-electron chi connectivity index (χ0n) is 12.8. The minimum Gasteiger partial charge on any atom is -0.335 e. The predicted octanol–water partition coefficient (Wildman–Crippen LogP) is 2.57. The lowest BCUT2D eigenvalue weighted by Crippen LogP contribution is -2.47. The fourth-order valence-electron chi connectivity index (χ4n) is 2.86. The maximum Gasteiger partial charge on any atom is 0.256 e. The molecule has 3 rings (SSSR count). The first-order chi connectivity index (χ1) is 11.2. The highest BCUT2D eigenvalue weighted by Crippen LogP contribution is 2.23. The van der Waals surface area contributed by atoms with E-state index in [1.807, 2.05) is 25.1 Å². The third kappa shape index (κ3) is 3.02. The molecule has 1 aromatic carbocycles. The molecule has 1 aliphatic heterocycles. The number of hydrogen-bond acceptors (Lipinski definition) is 4. The molecule has 2 aromatic rings. The lowest BCUT2D eigenvalue weighted by atomic mass is 9.98. The number of aromatic nitrogens is 3. The van der Waals surface area contributed by atoms with Crippen molar-refractivity contribution in [3.63, 3.8) is 0 Å². The summed E-state index contributed by atoms with van der Waals surface area (Å²) in [6, 6.07) is 7.18. The number of azide groups is 1. The number of carbonyl (C=O) groups is 1. The maximum atomic E-state index is 13.0. The highest BCUT2D eigenvalue weighted by molar-refractivity contribution is 5.98. The van der Waals surface area contributed by atoms with E-state index in [1.165, 1.54) is 4.80 Å². The summed E-state index contributed by atoms with van der Waals surface area (Å²) in [7, 11) is 0. The molecule has 0 spiro atoms. The molecule has 1 aliphatic rings. The summed E-state index contributed by atoms with van der Waals surface area (Å²) < 4.78 is 0. The number of para-hydroxylation sites is 1. The van der Waals surface area contributed by atoms with Crippen molar-refractivity contribution >= 4 is 5.91 Å². The standard InChI is InChI=1S/C15H17N7O/c1-11-6-7-12(19-20-16)10-21(11)15(23)13-4-2-3-5-14(13)22-17-8-9-18-22/h2-5,8-9,11-12H,6-7,10H2,1H3/t11-,12-/m1/s1. The number of benzene rings is 1. The van der Waals surface area contributed by atoms with Crippen molar-refractivity contribution in [1.82, 2.24) is 19.9 Å². The van der Waals surface area contributed by atoms with Crippen LogP contribution in [-0.2, 0) is 0 Å². The molecule has 8 heteroatoms. The van der Waals surface area contributed by atoms with Gasteiger partial charge in [-0.15, -0.1) is 0 Å². The Morgan fingerprint density at radius 3 is 2.78 bits per heavy atom. The minimum atomic E-state index is -0.171. The average Bonchev–Trinajstić information content (AvgIpc) is 3.10. The summed E-state index contributed by atoms with van der Waals surface area (Å²) in [5.41, 5.74) is 9.81. The molecule has 0 aliphatic carbocycles. The Bertz CT molecular complexity index is 736. The molecule has 0 bridgehead atoms. The molecular formula is C15H17N7O. The molecule has 1 aromatic heterocycles. The quantitative estimate of drug-likeness (QED) is 0.494. The average molecular weight is 311 g/mol. The molecular weight excluding hydrogens is 294 g/mol. The molecule has 118 valence electrons. The maximum absolute atomic E-state index is 13.0. The smallest absolute Gasteiger partial charge is 0.256 e. The second-order valence-corrected chi connectivity index (χ2v) is 5.58. The van der Waals surface area contributed by atoms with Crippen LogP contribution in [0.25, 0.3) is 16.1 Å². The van der Waals surface area contributed by atoms with E-state index in [2.05, 4.69) is 20.2 Å². The van der Waals surface area contributed by atoms with E-state index >= 15 is 0 Å². The van der Waals surface area contributed by atoms with Crippen LogP contribution < -0.4 is 0 Å². The fourth-order valence-corrected chi connectivity index (χ4v) is 2.86. The Kier molecular flexibility index (Phi) is 4.25. The number of carbonyl (C=O) groups excluding carboxylic acids is 1. The molecule has 1 saturated heterocycles. The molecule has 0 unspecified atom stereocenters. The Balaban J connectivity index is 1.92. The van der Waals surface area contributed by atoms with Crippen molar-refractivity contribution in [2.24, 2.45) is 5.11 Å². The largest absolute Gasteiger partial charge is 0.335 e. The van der Waals surface area contributed by atoms with Crippen LogP contribution in [0.3, 0.4) is 0 Å². The first kappa shape index (κ1) is 15.1. The van der Waals surface area contributed by atoms with E-state index in [4.69, 9.17) is 5.53 Å². The topological polar surface area (TPSA) is 99.8 Å². The molecule has 8 nitrogen and oxygen atoms in total. The van der Waals surface area contributed by atoms with Crippen molar-refractivity contribution in [3.05, 3.63) is 52.7 Å². The van der Waals surface area contributed by atoms with Crippen molar-refractivity contribution in [3.8, 4) is 5.69 Å². The van der Waals surface area contributed by atoms with Crippen molar-refractivity contribution in [2.75, 3.05) is 6.54 Å². The lowest BCUT2D eigenvalue weighted by Gasteiger charge is -2.36. The Morgan fingerprint density at radius 2 is 2.04 bits per heavy atom. The molecule has 0 N–H and O–H groups in total. The second kappa shape index (κ2) is 6.50. The van der Waals surface area contributed by atoms with Crippen LogP contribution in [0.5, 0.6) is 0 Å². The number of piperidine rings is 1. The monoisotopic (exact) mass is 311 g/mol. The highest BCUT2D eigenvalue weighted by Gasteiger charge is 2.30. The van der Waals surface area contributed by atoms with Gasteiger partial charge in [0.15, 0.2) is 0 Å². The van der Waals surface area contributed by atoms with Gasteiger partial charge in [0.05, 0.1) is 29.7 Å². The van der Waals surface area contributed by atoms with Crippen LogP contribution in [0, 0.1) is 0 Å². The van der Waals surface area contributed by atoms with E-state index in [0.717, 1.165) is 12.8 Å². The second-order valence-electron chi connectivity index (χ2n) is 5.58. The van der Waals surface area contributed by atoms with Gasteiger partial charge in [0.25, 0.3) is 5.91 Å². The molecule has 1 amide bonds. The summed E-state index contributed by atoms with van der Waals surface area (Å²) in [6.07, 6.45) is 4.76. The third-order valence-electron chi connectivity index (χ3n) is 4.10. The number of nitrogens with zero attached hydrogens (tertiary/aromatic N) is 7. The van der Waals surface area contributed by atoms with Crippen molar-refractivity contribution in [2.45, 2.75) is 31.8 Å². The summed E-state index contributed by atoms with van der Waals surface area (Å²) >= 11 is 0. The first-order valence-electron chi connectivity index (χ1n) is 7.51. The normalized spacial score (nSPS) is 20.8. The van der Waals surface area contributed by atoms with Crippen molar-refractivity contribution in [1.29, 1.82) is 0 Å². The van der Waals surface area contributed by atoms with Gasteiger partial charge in [0, 0.05) is 17.5 Å². The van der Waals surface area contributed by atoms with Crippen LogP contribution in [0.15, 0.2) is 41.8 Å².